The molecule has 2 aromatic heterocycles. The number of nitrogens with zero attached hydrogens (tertiary/aromatic N) is 2. The molecular weight excluding hydrogens is 382 g/mol. The highest BCUT2D eigenvalue weighted by Crippen LogP contribution is 2.39. The topological polar surface area (TPSA) is 67.3 Å². The highest BCUT2D eigenvalue weighted by Gasteiger charge is 2.14. The van der Waals surface area contributed by atoms with E-state index >= 15 is 0 Å². The molecule has 5 nitrogen and oxygen atoms in total. The molecule has 0 radical (unpaired) electrons. The first kappa shape index (κ1) is 17.5. The zero-order valence-electron chi connectivity index (χ0n) is 15.6. The predicted octanol–water partition coefficient (Wildman–Crippen LogP) is 5.97. The molecule has 0 saturated heterocycles. The summed E-state index contributed by atoms with van der Waals surface area (Å²) < 4.78 is 5.27. The molecule has 2 heterocycles. The molecule has 0 aliphatic carbocycles. The maximum absolute atomic E-state index is 10.2. The maximum Gasteiger partial charge on any atom is 0.143 e. The Balaban J connectivity index is 1.65. The van der Waals surface area contributed by atoms with Crippen LogP contribution in [0, 0.1) is 0 Å². The number of nitrogens with one attached hydrogen (secondary N) is 1. The Kier molecular flexibility index (Phi) is 4.26. The van der Waals surface area contributed by atoms with Gasteiger partial charge in [-0.2, -0.15) is 0 Å². The monoisotopic (exact) mass is 399 g/mol. The number of methoxy groups -OCH3 is 1. The van der Waals surface area contributed by atoms with Crippen LogP contribution in [0.3, 0.4) is 0 Å². The van der Waals surface area contributed by atoms with Gasteiger partial charge in [0.15, 0.2) is 0 Å². The predicted molar refractivity (Wildman–Crippen MR) is 118 cm³/mol. The molecule has 0 amide bonds. The minimum absolute atomic E-state index is 0.258. The van der Waals surface area contributed by atoms with Crippen molar-refractivity contribution in [2.75, 3.05) is 12.4 Å². The van der Waals surface area contributed by atoms with Crippen LogP contribution < -0.4 is 10.1 Å². The third kappa shape index (κ3) is 3.03. The van der Waals surface area contributed by atoms with Gasteiger partial charge in [0, 0.05) is 27.4 Å². The largest absolute Gasteiger partial charge is 0.507 e. The molecule has 0 atom stereocenters. The van der Waals surface area contributed by atoms with E-state index in [-0.39, 0.29) is 5.75 Å². The summed E-state index contributed by atoms with van der Waals surface area (Å²) in [6, 6.07) is 19.3. The second-order valence-corrected chi connectivity index (χ2v) is 7.44. The lowest BCUT2D eigenvalue weighted by molar-refractivity contribution is 0.415. The van der Waals surface area contributed by atoms with E-state index in [1.54, 1.807) is 30.8 Å². The first-order chi connectivity index (χ1) is 14.2. The first-order valence-corrected chi connectivity index (χ1v) is 9.97. The molecule has 0 fully saturated rings. The van der Waals surface area contributed by atoms with Crippen LogP contribution in [-0.2, 0) is 0 Å². The van der Waals surface area contributed by atoms with Crippen molar-refractivity contribution in [1.82, 2.24) is 9.97 Å². The van der Waals surface area contributed by atoms with Gasteiger partial charge in [-0.3, -0.25) is 0 Å². The smallest absolute Gasteiger partial charge is 0.143 e. The number of hydrogen-bond acceptors (Lipinski definition) is 6. The number of ether oxygens (including phenoxy) is 1. The lowest BCUT2D eigenvalue weighted by Crippen LogP contribution is -1.96. The third-order valence-corrected chi connectivity index (χ3v) is 5.81. The number of aromatic nitrogens is 2. The summed E-state index contributed by atoms with van der Waals surface area (Å²) in [6.07, 6.45) is 1.57. The van der Waals surface area contributed by atoms with Gasteiger partial charge < -0.3 is 15.2 Å². The van der Waals surface area contributed by atoms with Gasteiger partial charge in [-0.05, 0) is 29.8 Å². The second kappa shape index (κ2) is 7.07. The zero-order chi connectivity index (χ0) is 19.8. The van der Waals surface area contributed by atoms with Crippen LogP contribution in [0.4, 0.5) is 11.5 Å². The van der Waals surface area contributed by atoms with Crippen molar-refractivity contribution in [2.24, 2.45) is 0 Å². The van der Waals surface area contributed by atoms with Crippen LogP contribution in [0.2, 0.25) is 0 Å². The SMILES string of the molecule is COc1ccc(-c2csc3ncnc(Nc4cccc5c(O)cccc45)c23)cc1. The number of fused-ring (bicyclic) bond motifs is 2. The van der Waals surface area contributed by atoms with Gasteiger partial charge in [0.05, 0.1) is 12.5 Å². The minimum atomic E-state index is 0.258. The van der Waals surface area contributed by atoms with Gasteiger partial charge in [-0.1, -0.05) is 36.4 Å². The van der Waals surface area contributed by atoms with Crippen LogP contribution >= 0.6 is 11.3 Å². The number of phenols is 1. The summed E-state index contributed by atoms with van der Waals surface area (Å²) in [5, 5.41) is 18.4. The van der Waals surface area contributed by atoms with Crippen molar-refractivity contribution < 1.29 is 9.84 Å². The lowest BCUT2D eigenvalue weighted by Gasteiger charge is -2.12. The molecular formula is C23H17N3O2S. The van der Waals surface area contributed by atoms with E-state index in [0.717, 1.165) is 49.4 Å². The summed E-state index contributed by atoms with van der Waals surface area (Å²) in [5.74, 6) is 1.81. The Labute approximate surface area is 171 Å². The molecule has 0 aliphatic heterocycles. The van der Waals surface area contributed by atoms with Gasteiger partial charge in [-0.15, -0.1) is 11.3 Å². The van der Waals surface area contributed by atoms with Crippen LogP contribution in [0.25, 0.3) is 32.1 Å². The van der Waals surface area contributed by atoms with Gasteiger partial charge >= 0.3 is 0 Å². The summed E-state index contributed by atoms with van der Waals surface area (Å²) in [6.45, 7) is 0. The van der Waals surface area contributed by atoms with E-state index < -0.39 is 0 Å². The number of thiophene rings is 1. The van der Waals surface area contributed by atoms with Gasteiger partial charge in [0.25, 0.3) is 0 Å². The Morgan fingerprint density at radius 2 is 1.72 bits per heavy atom. The fourth-order valence-electron chi connectivity index (χ4n) is 3.48. The van der Waals surface area contributed by atoms with Crippen LogP contribution in [-0.4, -0.2) is 22.2 Å². The number of benzene rings is 3. The first-order valence-electron chi connectivity index (χ1n) is 9.09. The van der Waals surface area contributed by atoms with Crippen molar-refractivity contribution in [3.05, 3.63) is 72.4 Å². The van der Waals surface area contributed by atoms with Crippen molar-refractivity contribution in [1.29, 1.82) is 0 Å². The number of anilines is 2. The van der Waals surface area contributed by atoms with Gasteiger partial charge in [-0.25, -0.2) is 9.97 Å². The molecule has 5 aromatic rings. The van der Waals surface area contributed by atoms with Crippen molar-refractivity contribution in [3.8, 4) is 22.6 Å². The summed E-state index contributed by atoms with van der Waals surface area (Å²) >= 11 is 1.59. The quantitative estimate of drug-likeness (QED) is 0.390. The van der Waals surface area contributed by atoms with Crippen molar-refractivity contribution in [2.45, 2.75) is 0 Å². The maximum atomic E-state index is 10.2. The third-order valence-electron chi connectivity index (χ3n) is 4.92. The van der Waals surface area contributed by atoms with E-state index in [2.05, 4.69) is 20.7 Å². The normalized spacial score (nSPS) is 11.1. The van der Waals surface area contributed by atoms with Crippen LogP contribution in [0.15, 0.2) is 72.4 Å². The Hall–Kier alpha value is -3.64. The molecule has 29 heavy (non-hydrogen) atoms. The van der Waals surface area contributed by atoms with Crippen LogP contribution in [0.1, 0.15) is 0 Å². The van der Waals surface area contributed by atoms with Crippen molar-refractivity contribution in [3.63, 3.8) is 0 Å². The fourth-order valence-corrected chi connectivity index (χ4v) is 4.40. The van der Waals surface area contributed by atoms with E-state index in [1.807, 2.05) is 54.6 Å². The molecule has 5 rings (SSSR count). The number of phenolic OH excluding ortho intramolecular Hbond substituents is 1. The summed E-state index contributed by atoms with van der Waals surface area (Å²) in [4.78, 5) is 9.88. The molecule has 0 aliphatic rings. The molecule has 2 N–H and O–H groups in total. The number of rotatable bonds is 4. The highest BCUT2D eigenvalue weighted by molar-refractivity contribution is 7.17. The Morgan fingerprint density at radius 1 is 0.931 bits per heavy atom. The molecule has 0 spiro atoms. The van der Waals surface area contributed by atoms with E-state index in [9.17, 15) is 5.11 Å². The highest BCUT2D eigenvalue weighted by atomic mass is 32.1. The zero-order valence-corrected chi connectivity index (χ0v) is 16.4. The molecule has 3 aromatic carbocycles. The fraction of sp³-hybridized carbons (Fsp3) is 0.0435. The summed E-state index contributed by atoms with van der Waals surface area (Å²) in [5.41, 5.74) is 3.02. The molecule has 0 bridgehead atoms. The Morgan fingerprint density at radius 3 is 2.55 bits per heavy atom. The number of aromatic hydroxyl groups is 1. The van der Waals surface area contributed by atoms with E-state index in [0.29, 0.717) is 0 Å². The number of hydrogen-bond donors (Lipinski definition) is 2. The second-order valence-electron chi connectivity index (χ2n) is 6.58. The van der Waals surface area contributed by atoms with E-state index in [1.165, 1.54) is 0 Å². The van der Waals surface area contributed by atoms with Gasteiger partial charge in [0.1, 0.15) is 28.5 Å². The summed E-state index contributed by atoms with van der Waals surface area (Å²) in [7, 11) is 1.66. The van der Waals surface area contributed by atoms with Crippen molar-refractivity contribution >= 4 is 43.8 Å². The lowest BCUT2D eigenvalue weighted by atomic mass is 10.1. The van der Waals surface area contributed by atoms with Crippen LogP contribution in [0.5, 0.6) is 11.5 Å². The molecule has 0 saturated carbocycles. The Bertz CT molecular complexity index is 1330. The average Bonchev–Trinajstić information content (AvgIpc) is 3.20. The molecule has 142 valence electrons. The van der Waals surface area contributed by atoms with E-state index in [4.69, 9.17) is 4.74 Å². The standard InChI is InChI=1S/C23H17N3O2S/c1-28-15-10-8-14(9-11-15)18-12-29-23-21(18)22(24-13-25-23)26-19-6-2-5-17-16(19)4-3-7-20(17)27/h2-13,27H,1H3,(H,24,25,26). The molecule has 6 heteroatoms. The molecule has 0 unspecified atom stereocenters. The average molecular weight is 399 g/mol. The van der Waals surface area contributed by atoms with Gasteiger partial charge in [0.2, 0.25) is 0 Å². The minimum Gasteiger partial charge on any atom is -0.507 e.